The van der Waals surface area contributed by atoms with Gasteiger partial charge in [-0.05, 0) is 15.9 Å². The molecular formula is C7H7BrN2O3S. The fourth-order valence-corrected chi connectivity index (χ4v) is 1.49. The Balaban J connectivity index is 2.65. The second-order valence-electron chi connectivity index (χ2n) is 2.23. The van der Waals surface area contributed by atoms with Crippen LogP contribution in [-0.2, 0) is 9.53 Å². The van der Waals surface area contributed by atoms with Gasteiger partial charge in [-0.15, -0.1) is 0 Å². The Labute approximate surface area is 92.4 Å². The molecule has 1 rings (SSSR count). The largest absolute Gasteiger partial charge is 0.468 e. The number of carbonyl (C=O) groups is 1. The second kappa shape index (κ2) is 5.16. The summed E-state index contributed by atoms with van der Waals surface area (Å²) in [4.78, 5) is 28.2. The highest BCUT2D eigenvalue weighted by Crippen LogP contribution is 2.11. The average Bonchev–Trinajstić information content (AvgIpc) is 2.19. The zero-order chi connectivity index (χ0) is 10.6. The highest BCUT2D eigenvalue weighted by Gasteiger charge is 2.04. The molecule has 0 aliphatic rings. The van der Waals surface area contributed by atoms with Gasteiger partial charge in [0.05, 0.1) is 12.9 Å². The van der Waals surface area contributed by atoms with Gasteiger partial charge in [0.25, 0.3) is 5.56 Å². The summed E-state index contributed by atoms with van der Waals surface area (Å²) in [6, 6.07) is 0. The van der Waals surface area contributed by atoms with Gasteiger partial charge in [0.15, 0.2) is 5.16 Å². The van der Waals surface area contributed by atoms with E-state index in [4.69, 9.17) is 0 Å². The molecule has 0 aliphatic heterocycles. The van der Waals surface area contributed by atoms with E-state index in [1.54, 1.807) is 0 Å². The Morgan fingerprint density at radius 2 is 2.50 bits per heavy atom. The van der Waals surface area contributed by atoms with Crippen molar-refractivity contribution in [1.29, 1.82) is 0 Å². The molecule has 0 spiro atoms. The number of halogens is 1. The minimum absolute atomic E-state index is 0.126. The predicted molar refractivity (Wildman–Crippen MR) is 55.3 cm³/mol. The van der Waals surface area contributed by atoms with Gasteiger partial charge in [-0.2, -0.15) is 0 Å². The highest BCUT2D eigenvalue weighted by atomic mass is 79.9. The van der Waals surface area contributed by atoms with Crippen molar-refractivity contribution in [3.63, 3.8) is 0 Å². The fraction of sp³-hybridized carbons (Fsp3) is 0.286. The zero-order valence-corrected chi connectivity index (χ0v) is 9.65. The summed E-state index contributed by atoms with van der Waals surface area (Å²) in [7, 11) is 1.31. The number of nitrogens with one attached hydrogen (secondary N) is 1. The summed E-state index contributed by atoms with van der Waals surface area (Å²) in [5.74, 6) is -0.235. The van der Waals surface area contributed by atoms with Crippen LogP contribution in [0.5, 0.6) is 0 Å². The monoisotopic (exact) mass is 278 g/mol. The molecule has 1 heterocycles. The number of rotatable bonds is 3. The molecule has 0 aromatic carbocycles. The van der Waals surface area contributed by atoms with Crippen LogP contribution in [-0.4, -0.2) is 28.8 Å². The summed E-state index contributed by atoms with van der Waals surface area (Å²) in [5.41, 5.74) is -0.271. The maximum atomic E-state index is 11.1. The van der Waals surface area contributed by atoms with E-state index in [9.17, 15) is 9.59 Å². The van der Waals surface area contributed by atoms with E-state index in [2.05, 4.69) is 30.6 Å². The van der Waals surface area contributed by atoms with E-state index >= 15 is 0 Å². The van der Waals surface area contributed by atoms with Crippen LogP contribution in [0, 0.1) is 0 Å². The highest BCUT2D eigenvalue weighted by molar-refractivity contribution is 9.10. The Morgan fingerprint density at radius 3 is 3.07 bits per heavy atom. The van der Waals surface area contributed by atoms with E-state index < -0.39 is 0 Å². The zero-order valence-electron chi connectivity index (χ0n) is 7.24. The Morgan fingerprint density at radius 1 is 1.79 bits per heavy atom. The summed E-state index contributed by atoms with van der Waals surface area (Å²) in [6.45, 7) is 0. The summed E-state index contributed by atoms with van der Waals surface area (Å²) in [5, 5.41) is 0.392. The molecule has 0 bridgehead atoms. The predicted octanol–water partition coefficient (Wildman–Crippen LogP) is 0.797. The van der Waals surface area contributed by atoms with Crippen LogP contribution in [0.15, 0.2) is 20.6 Å². The number of aromatic amines is 1. The molecular weight excluding hydrogens is 272 g/mol. The third-order valence-electron chi connectivity index (χ3n) is 1.29. The van der Waals surface area contributed by atoms with Crippen molar-refractivity contribution in [3.05, 3.63) is 21.0 Å². The molecule has 76 valence electrons. The molecule has 0 aliphatic carbocycles. The first kappa shape index (κ1) is 11.3. The molecule has 0 saturated carbocycles. The normalized spacial score (nSPS) is 9.86. The number of carbonyl (C=O) groups excluding carboxylic acids is 1. The number of H-pyrrole nitrogens is 1. The Kier molecular flexibility index (Phi) is 4.15. The number of thioether (sulfide) groups is 1. The molecule has 0 atom stereocenters. The van der Waals surface area contributed by atoms with Crippen molar-refractivity contribution in [2.45, 2.75) is 5.16 Å². The van der Waals surface area contributed by atoms with E-state index in [1.165, 1.54) is 13.3 Å². The van der Waals surface area contributed by atoms with Crippen molar-refractivity contribution < 1.29 is 9.53 Å². The number of ether oxygens (including phenoxy) is 1. The van der Waals surface area contributed by atoms with Crippen LogP contribution in [0.1, 0.15) is 0 Å². The summed E-state index contributed by atoms with van der Waals surface area (Å²) >= 11 is 4.13. The van der Waals surface area contributed by atoms with Gasteiger partial charge in [-0.1, -0.05) is 11.8 Å². The molecule has 0 saturated heterocycles. The number of methoxy groups -OCH3 is 1. The van der Waals surface area contributed by atoms with Gasteiger partial charge < -0.3 is 9.72 Å². The van der Waals surface area contributed by atoms with E-state index in [-0.39, 0.29) is 17.3 Å². The number of esters is 1. The number of hydrogen-bond donors (Lipinski definition) is 1. The molecule has 5 nitrogen and oxygen atoms in total. The van der Waals surface area contributed by atoms with Gasteiger partial charge in [0.2, 0.25) is 0 Å². The number of aromatic nitrogens is 2. The van der Waals surface area contributed by atoms with Gasteiger partial charge in [-0.25, -0.2) is 4.98 Å². The summed E-state index contributed by atoms with van der Waals surface area (Å²) in [6.07, 6.45) is 1.39. The number of hydrogen-bond acceptors (Lipinski definition) is 5. The van der Waals surface area contributed by atoms with E-state index in [0.717, 1.165) is 11.8 Å². The van der Waals surface area contributed by atoms with Crippen LogP contribution < -0.4 is 5.56 Å². The van der Waals surface area contributed by atoms with Crippen LogP contribution in [0.4, 0.5) is 0 Å². The lowest BCUT2D eigenvalue weighted by Crippen LogP contribution is -2.10. The molecule has 7 heteroatoms. The Hall–Kier alpha value is -0.820. The fourth-order valence-electron chi connectivity index (χ4n) is 0.623. The third-order valence-corrected chi connectivity index (χ3v) is 2.71. The van der Waals surface area contributed by atoms with Crippen molar-refractivity contribution >= 4 is 33.7 Å². The van der Waals surface area contributed by atoms with Gasteiger partial charge in [-0.3, -0.25) is 9.59 Å². The molecule has 1 aromatic heterocycles. The van der Waals surface area contributed by atoms with Crippen LogP contribution in [0.25, 0.3) is 0 Å². The van der Waals surface area contributed by atoms with Crippen molar-refractivity contribution in [2.75, 3.05) is 12.9 Å². The van der Waals surface area contributed by atoms with Crippen LogP contribution in [0.3, 0.4) is 0 Å². The van der Waals surface area contributed by atoms with E-state index in [0.29, 0.717) is 9.63 Å². The van der Waals surface area contributed by atoms with Gasteiger partial charge in [0, 0.05) is 6.20 Å². The smallest absolute Gasteiger partial charge is 0.316 e. The minimum atomic E-state index is -0.361. The van der Waals surface area contributed by atoms with Crippen LogP contribution in [0.2, 0.25) is 0 Å². The standard InChI is InChI=1S/C7H7BrN2O3S/c1-13-5(11)3-14-7-9-2-4(8)6(12)10-7/h2H,3H2,1H3,(H,9,10,12). The molecule has 0 amide bonds. The van der Waals surface area contributed by atoms with Gasteiger partial charge in [0.1, 0.15) is 4.47 Å². The van der Waals surface area contributed by atoms with Crippen molar-refractivity contribution in [2.24, 2.45) is 0 Å². The third kappa shape index (κ3) is 3.15. The van der Waals surface area contributed by atoms with Crippen molar-refractivity contribution in [3.8, 4) is 0 Å². The first-order valence-electron chi connectivity index (χ1n) is 3.58. The number of nitrogens with zero attached hydrogens (tertiary/aromatic N) is 1. The Bertz CT molecular complexity index is 393. The van der Waals surface area contributed by atoms with E-state index in [1.807, 2.05) is 0 Å². The van der Waals surface area contributed by atoms with Crippen molar-refractivity contribution in [1.82, 2.24) is 9.97 Å². The molecule has 0 unspecified atom stereocenters. The molecule has 0 fully saturated rings. The lowest BCUT2D eigenvalue weighted by Gasteiger charge is -1.98. The average molecular weight is 279 g/mol. The molecule has 0 radical (unpaired) electrons. The summed E-state index contributed by atoms with van der Waals surface area (Å²) < 4.78 is 4.80. The maximum absolute atomic E-state index is 11.1. The van der Waals surface area contributed by atoms with Crippen LogP contribution >= 0.6 is 27.7 Å². The second-order valence-corrected chi connectivity index (χ2v) is 4.05. The quantitative estimate of drug-likeness (QED) is 0.503. The first-order chi connectivity index (χ1) is 6.63. The SMILES string of the molecule is COC(=O)CSc1ncc(Br)c(=O)[nH]1. The minimum Gasteiger partial charge on any atom is -0.468 e. The maximum Gasteiger partial charge on any atom is 0.316 e. The lowest BCUT2D eigenvalue weighted by molar-refractivity contribution is -0.137. The van der Waals surface area contributed by atoms with Gasteiger partial charge >= 0.3 is 5.97 Å². The molecule has 1 N–H and O–H groups in total. The first-order valence-corrected chi connectivity index (χ1v) is 5.36. The molecule has 14 heavy (non-hydrogen) atoms. The molecule has 1 aromatic rings. The topological polar surface area (TPSA) is 72.0 Å². The lowest BCUT2D eigenvalue weighted by atomic mass is 10.7.